The Morgan fingerprint density at radius 2 is 1.92 bits per heavy atom. The predicted octanol–water partition coefficient (Wildman–Crippen LogP) is 2.00. The number of carbonyl (C=O) groups excluding carboxylic acids is 2. The van der Waals surface area contributed by atoms with Crippen LogP contribution in [0.3, 0.4) is 0 Å². The number of hydrogen-bond acceptors (Lipinski definition) is 4. The fraction of sp³-hybridized carbons (Fsp3) is 0.611. The molecule has 0 aliphatic carbocycles. The number of hydrogen-bond donors (Lipinski definition) is 1. The molecule has 6 nitrogen and oxygen atoms in total. The van der Waals surface area contributed by atoms with Gasteiger partial charge in [0, 0.05) is 45.2 Å². The van der Waals surface area contributed by atoms with Crippen LogP contribution >= 0.6 is 0 Å². The van der Waals surface area contributed by atoms with E-state index in [0.717, 1.165) is 18.6 Å². The minimum absolute atomic E-state index is 0.0151. The summed E-state index contributed by atoms with van der Waals surface area (Å²) in [6.45, 7) is 6.87. The van der Waals surface area contributed by atoms with Gasteiger partial charge in [0.05, 0.1) is 0 Å². The number of nitrogens with one attached hydrogen (secondary N) is 1. The summed E-state index contributed by atoms with van der Waals surface area (Å²) in [5.74, 6) is 1.01. The molecule has 1 fully saturated rings. The predicted molar refractivity (Wildman–Crippen MR) is 91.5 cm³/mol. The van der Waals surface area contributed by atoms with E-state index in [1.807, 2.05) is 17.0 Å². The van der Waals surface area contributed by atoms with Gasteiger partial charge in [-0.1, -0.05) is 13.8 Å². The van der Waals surface area contributed by atoms with Gasteiger partial charge in [-0.05, 0) is 24.5 Å². The third-order valence-corrected chi connectivity index (χ3v) is 4.09. The Kier molecular flexibility index (Phi) is 6.58. The van der Waals surface area contributed by atoms with Crippen molar-refractivity contribution in [2.24, 2.45) is 5.92 Å². The molecule has 1 N–H and O–H groups in total. The van der Waals surface area contributed by atoms with Crippen LogP contribution in [0.1, 0.15) is 40.0 Å². The van der Waals surface area contributed by atoms with E-state index < -0.39 is 6.04 Å². The molecule has 0 radical (unpaired) electrons. The number of nitrogens with zero attached hydrogens (tertiary/aromatic N) is 2. The fourth-order valence-corrected chi connectivity index (χ4v) is 2.96. The first-order valence-corrected chi connectivity index (χ1v) is 8.58. The number of carbonyl (C=O) groups is 2. The standard InChI is InChI=1S/C18H27N3O3/c1-13(2)12-17(20-14(3)22)18(23)21-10-6-16(7-11-21)24-15-4-8-19-9-5-15/h4-5,8-9,13,16-17H,6-7,10-12H2,1-3H3,(H,20,22)/t17-/m0/s1. The van der Waals surface area contributed by atoms with Crippen molar-refractivity contribution in [1.82, 2.24) is 15.2 Å². The normalized spacial score (nSPS) is 16.8. The van der Waals surface area contributed by atoms with Crippen LogP contribution < -0.4 is 10.1 Å². The third-order valence-electron chi connectivity index (χ3n) is 4.09. The molecule has 132 valence electrons. The van der Waals surface area contributed by atoms with Gasteiger partial charge in [0.1, 0.15) is 17.9 Å². The number of rotatable bonds is 6. The van der Waals surface area contributed by atoms with E-state index in [9.17, 15) is 9.59 Å². The van der Waals surface area contributed by atoms with Crippen molar-refractivity contribution >= 4 is 11.8 Å². The second kappa shape index (κ2) is 8.66. The lowest BCUT2D eigenvalue weighted by molar-refractivity contribution is -0.138. The zero-order valence-corrected chi connectivity index (χ0v) is 14.7. The van der Waals surface area contributed by atoms with Crippen LogP contribution in [0.15, 0.2) is 24.5 Å². The van der Waals surface area contributed by atoms with E-state index in [-0.39, 0.29) is 17.9 Å². The summed E-state index contributed by atoms with van der Waals surface area (Å²) in [5, 5.41) is 2.79. The summed E-state index contributed by atoms with van der Waals surface area (Å²) in [6.07, 6.45) is 5.77. The van der Waals surface area contributed by atoms with Crippen molar-refractivity contribution in [2.75, 3.05) is 13.1 Å². The first-order chi connectivity index (χ1) is 11.5. The Morgan fingerprint density at radius 1 is 1.29 bits per heavy atom. The van der Waals surface area contributed by atoms with Crippen molar-refractivity contribution in [3.8, 4) is 5.75 Å². The van der Waals surface area contributed by atoms with Crippen molar-refractivity contribution in [1.29, 1.82) is 0 Å². The lowest BCUT2D eigenvalue weighted by Crippen LogP contribution is -2.51. The summed E-state index contributed by atoms with van der Waals surface area (Å²) in [5.41, 5.74) is 0. The molecule has 1 aromatic rings. The molecule has 1 saturated heterocycles. The summed E-state index contributed by atoms with van der Waals surface area (Å²) < 4.78 is 5.93. The van der Waals surface area contributed by atoms with Crippen LogP contribution in [-0.2, 0) is 9.59 Å². The van der Waals surface area contributed by atoms with E-state index in [1.165, 1.54) is 6.92 Å². The van der Waals surface area contributed by atoms with Crippen LogP contribution in [0.25, 0.3) is 0 Å². The molecule has 0 unspecified atom stereocenters. The average molecular weight is 333 g/mol. The summed E-state index contributed by atoms with van der Waals surface area (Å²) in [6, 6.07) is 3.25. The van der Waals surface area contributed by atoms with E-state index in [1.54, 1.807) is 12.4 Å². The topological polar surface area (TPSA) is 71.5 Å². The van der Waals surface area contributed by atoms with Gasteiger partial charge in [0.2, 0.25) is 11.8 Å². The lowest BCUT2D eigenvalue weighted by Gasteiger charge is -2.34. The van der Waals surface area contributed by atoms with Gasteiger partial charge in [0.25, 0.3) is 0 Å². The van der Waals surface area contributed by atoms with Gasteiger partial charge < -0.3 is 15.0 Å². The van der Waals surface area contributed by atoms with Gasteiger partial charge in [-0.3, -0.25) is 14.6 Å². The van der Waals surface area contributed by atoms with E-state index >= 15 is 0 Å². The van der Waals surface area contributed by atoms with Gasteiger partial charge in [0.15, 0.2) is 0 Å². The maximum atomic E-state index is 12.7. The third kappa shape index (κ3) is 5.51. The molecule has 2 rings (SSSR count). The highest BCUT2D eigenvalue weighted by Gasteiger charge is 2.29. The number of likely N-dealkylation sites (tertiary alicyclic amines) is 1. The van der Waals surface area contributed by atoms with E-state index in [0.29, 0.717) is 25.4 Å². The zero-order valence-electron chi connectivity index (χ0n) is 14.7. The van der Waals surface area contributed by atoms with Crippen molar-refractivity contribution in [3.63, 3.8) is 0 Å². The first kappa shape index (κ1) is 18.2. The molecule has 2 heterocycles. The van der Waals surface area contributed by atoms with E-state index in [4.69, 9.17) is 4.74 Å². The SMILES string of the molecule is CC(=O)N[C@@H](CC(C)C)C(=O)N1CCC(Oc2ccncc2)CC1. The van der Waals surface area contributed by atoms with Crippen LogP contribution in [0.4, 0.5) is 0 Å². The Balaban J connectivity index is 1.87. The molecule has 1 atom stereocenters. The van der Waals surface area contributed by atoms with Gasteiger partial charge >= 0.3 is 0 Å². The monoisotopic (exact) mass is 333 g/mol. The number of pyridine rings is 1. The van der Waals surface area contributed by atoms with Crippen molar-refractivity contribution in [2.45, 2.75) is 52.2 Å². The second-order valence-corrected chi connectivity index (χ2v) is 6.71. The second-order valence-electron chi connectivity index (χ2n) is 6.71. The van der Waals surface area contributed by atoms with Crippen LogP contribution in [0.2, 0.25) is 0 Å². The average Bonchev–Trinajstić information content (AvgIpc) is 2.54. The lowest BCUT2D eigenvalue weighted by atomic mass is 10.0. The minimum Gasteiger partial charge on any atom is -0.490 e. The Bertz CT molecular complexity index is 540. The van der Waals surface area contributed by atoms with Gasteiger partial charge in [-0.15, -0.1) is 0 Å². The van der Waals surface area contributed by atoms with Crippen molar-refractivity contribution < 1.29 is 14.3 Å². The molecule has 1 aliphatic rings. The largest absolute Gasteiger partial charge is 0.490 e. The first-order valence-electron chi connectivity index (χ1n) is 8.58. The molecule has 2 amide bonds. The highest BCUT2D eigenvalue weighted by atomic mass is 16.5. The minimum atomic E-state index is -0.430. The fourth-order valence-electron chi connectivity index (χ4n) is 2.96. The van der Waals surface area contributed by atoms with E-state index in [2.05, 4.69) is 24.1 Å². The Hall–Kier alpha value is -2.11. The number of aromatic nitrogens is 1. The molecular weight excluding hydrogens is 306 g/mol. The summed E-state index contributed by atoms with van der Waals surface area (Å²) in [4.78, 5) is 29.9. The van der Waals surface area contributed by atoms with Gasteiger partial charge in [-0.2, -0.15) is 0 Å². The molecule has 0 spiro atoms. The van der Waals surface area contributed by atoms with Crippen molar-refractivity contribution in [3.05, 3.63) is 24.5 Å². The number of amides is 2. The quantitative estimate of drug-likeness (QED) is 0.864. The maximum Gasteiger partial charge on any atom is 0.245 e. The summed E-state index contributed by atoms with van der Waals surface area (Å²) >= 11 is 0. The number of ether oxygens (including phenoxy) is 1. The van der Waals surface area contributed by atoms with Crippen LogP contribution in [-0.4, -0.2) is 46.9 Å². The molecule has 0 bridgehead atoms. The highest BCUT2D eigenvalue weighted by Crippen LogP contribution is 2.19. The number of piperidine rings is 1. The summed E-state index contributed by atoms with van der Waals surface area (Å²) in [7, 11) is 0. The molecule has 6 heteroatoms. The molecule has 1 aromatic heterocycles. The molecule has 0 aromatic carbocycles. The smallest absolute Gasteiger partial charge is 0.245 e. The maximum absolute atomic E-state index is 12.7. The van der Waals surface area contributed by atoms with Crippen LogP contribution in [0.5, 0.6) is 5.75 Å². The Morgan fingerprint density at radius 3 is 2.46 bits per heavy atom. The molecular formula is C18H27N3O3. The molecule has 24 heavy (non-hydrogen) atoms. The highest BCUT2D eigenvalue weighted by molar-refractivity contribution is 5.86. The van der Waals surface area contributed by atoms with Gasteiger partial charge in [-0.25, -0.2) is 0 Å². The molecule has 1 aliphatic heterocycles. The van der Waals surface area contributed by atoms with Crippen LogP contribution in [0, 0.1) is 5.92 Å². The molecule has 0 saturated carbocycles. The Labute approximate surface area is 143 Å². The zero-order chi connectivity index (χ0) is 17.5.